The number of fused-ring (bicyclic) bond motifs is 1. The van der Waals surface area contributed by atoms with E-state index in [1.165, 1.54) is 18.2 Å². The molecule has 4 rings (SSSR count). The molecule has 1 fully saturated rings. The molecule has 0 radical (unpaired) electrons. The number of nitrogens with one attached hydrogen (secondary N) is 1. The van der Waals surface area contributed by atoms with Crippen molar-refractivity contribution < 1.29 is 8.78 Å². The quantitative estimate of drug-likeness (QED) is 0.946. The third kappa shape index (κ3) is 2.79. The Morgan fingerprint density at radius 2 is 2.00 bits per heavy atom. The molecule has 1 N–H and O–H groups in total. The van der Waals surface area contributed by atoms with Crippen LogP contribution in [0.25, 0.3) is 0 Å². The van der Waals surface area contributed by atoms with Crippen molar-refractivity contribution in [3.63, 3.8) is 0 Å². The number of nitrogens with zero attached hydrogens (tertiary/aromatic N) is 2. The second-order valence-electron chi connectivity index (χ2n) is 6.31. The van der Waals surface area contributed by atoms with E-state index < -0.39 is 11.6 Å². The lowest BCUT2D eigenvalue weighted by Gasteiger charge is -2.28. The van der Waals surface area contributed by atoms with Gasteiger partial charge in [-0.15, -0.1) is 0 Å². The van der Waals surface area contributed by atoms with Crippen LogP contribution in [0.5, 0.6) is 0 Å². The highest BCUT2D eigenvalue weighted by Crippen LogP contribution is 2.37. The topological polar surface area (TPSA) is 49.0 Å². The first-order chi connectivity index (χ1) is 11.1. The van der Waals surface area contributed by atoms with E-state index in [2.05, 4.69) is 9.97 Å². The van der Waals surface area contributed by atoms with Gasteiger partial charge in [0.1, 0.15) is 17.5 Å². The summed E-state index contributed by atoms with van der Waals surface area (Å²) < 4.78 is 27.6. The Bertz CT molecular complexity index is 794. The van der Waals surface area contributed by atoms with Crippen molar-refractivity contribution in [3.05, 3.63) is 62.8 Å². The molecule has 1 aromatic heterocycles. The predicted octanol–water partition coefficient (Wildman–Crippen LogP) is 2.48. The van der Waals surface area contributed by atoms with Crippen molar-refractivity contribution in [1.82, 2.24) is 14.9 Å². The van der Waals surface area contributed by atoms with E-state index in [1.807, 2.05) is 4.90 Å². The van der Waals surface area contributed by atoms with Crippen LogP contribution in [0, 0.1) is 11.6 Å². The van der Waals surface area contributed by atoms with Crippen LogP contribution in [-0.2, 0) is 19.5 Å². The van der Waals surface area contributed by atoms with Crippen molar-refractivity contribution in [2.24, 2.45) is 0 Å². The Hall–Kier alpha value is -2.08. The zero-order valence-corrected chi connectivity index (χ0v) is 12.6. The van der Waals surface area contributed by atoms with Crippen LogP contribution in [0.1, 0.15) is 41.4 Å². The van der Waals surface area contributed by atoms with Gasteiger partial charge in [0.2, 0.25) is 0 Å². The van der Waals surface area contributed by atoms with E-state index in [1.54, 1.807) is 0 Å². The minimum absolute atomic E-state index is 0.0615. The van der Waals surface area contributed by atoms with Gasteiger partial charge in [0.05, 0.1) is 5.69 Å². The molecule has 0 spiro atoms. The molecule has 2 aromatic rings. The second kappa shape index (κ2) is 5.53. The van der Waals surface area contributed by atoms with Gasteiger partial charge in [-0.3, -0.25) is 9.69 Å². The van der Waals surface area contributed by atoms with Gasteiger partial charge in [0, 0.05) is 36.7 Å². The monoisotopic (exact) mass is 317 g/mol. The normalized spacial score (nSPS) is 18.0. The standard InChI is InChI=1S/C17H17F2N3O/c18-13-2-1-3-14(19)12(13)8-22-7-6-11-15(9-22)20-16(10-4-5-10)21-17(11)23/h1-3,10H,4-9H2,(H,20,21,23). The highest BCUT2D eigenvalue weighted by atomic mass is 19.1. The second-order valence-corrected chi connectivity index (χ2v) is 6.31. The molecule has 1 aromatic carbocycles. The molecule has 0 atom stereocenters. The van der Waals surface area contributed by atoms with Gasteiger partial charge in [-0.05, 0) is 31.4 Å². The van der Waals surface area contributed by atoms with Crippen LogP contribution in [0.2, 0.25) is 0 Å². The molecule has 0 amide bonds. The van der Waals surface area contributed by atoms with Gasteiger partial charge in [-0.2, -0.15) is 0 Å². The molecular weight excluding hydrogens is 300 g/mol. The molecule has 1 aliphatic carbocycles. The van der Waals surface area contributed by atoms with E-state index in [0.717, 1.165) is 24.4 Å². The van der Waals surface area contributed by atoms with E-state index in [9.17, 15) is 13.6 Å². The van der Waals surface area contributed by atoms with Gasteiger partial charge in [0.25, 0.3) is 5.56 Å². The third-order valence-corrected chi connectivity index (χ3v) is 4.58. The number of hydrogen-bond donors (Lipinski definition) is 1. The van der Waals surface area contributed by atoms with E-state index in [4.69, 9.17) is 0 Å². The number of rotatable bonds is 3. The molecule has 4 nitrogen and oxygen atoms in total. The summed E-state index contributed by atoms with van der Waals surface area (Å²) in [5.41, 5.74) is 1.47. The van der Waals surface area contributed by atoms with Crippen LogP contribution < -0.4 is 5.56 Å². The first-order valence-electron chi connectivity index (χ1n) is 7.89. The smallest absolute Gasteiger partial charge is 0.254 e. The van der Waals surface area contributed by atoms with Crippen molar-refractivity contribution in [3.8, 4) is 0 Å². The van der Waals surface area contributed by atoms with Gasteiger partial charge in [0.15, 0.2) is 0 Å². The maximum absolute atomic E-state index is 13.8. The fourth-order valence-corrected chi connectivity index (χ4v) is 3.11. The number of benzene rings is 1. The molecule has 0 saturated heterocycles. The van der Waals surface area contributed by atoms with Gasteiger partial charge in [-0.1, -0.05) is 6.07 Å². The van der Waals surface area contributed by atoms with Crippen LogP contribution in [0.4, 0.5) is 8.78 Å². The lowest BCUT2D eigenvalue weighted by Crippen LogP contribution is -2.35. The summed E-state index contributed by atoms with van der Waals surface area (Å²) in [5, 5.41) is 0. The number of aromatic nitrogens is 2. The molecule has 2 aliphatic rings. The van der Waals surface area contributed by atoms with E-state index >= 15 is 0 Å². The Morgan fingerprint density at radius 3 is 2.70 bits per heavy atom. The maximum atomic E-state index is 13.8. The first kappa shape index (κ1) is 14.5. The van der Waals surface area contributed by atoms with E-state index in [-0.39, 0.29) is 17.7 Å². The van der Waals surface area contributed by atoms with Crippen molar-refractivity contribution in [2.75, 3.05) is 6.54 Å². The molecule has 2 heterocycles. The van der Waals surface area contributed by atoms with E-state index in [0.29, 0.717) is 31.0 Å². The number of aromatic amines is 1. The van der Waals surface area contributed by atoms with Gasteiger partial charge in [-0.25, -0.2) is 13.8 Å². The third-order valence-electron chi connectivity index (χ3n) is 4.58. The van der Waals surface area contributed by atoms with Crippen LogP contribution in [-0.4, -0.2) is 21.4 Å². The maximum Gasteiger partial charge on any atom is 0.254 e. The minimum Gasteiger partial charge on any atom is -0.310 e. The van der Waals surface area contributed by atoms with Gasteiger partial charge >= 0.3 is 0 Å². The van der Waals surface area contributed by atoms with Crippen LogP contribution in [0.15, 0.2) is 23.0 Å². The zero-order chi connectivity index (χ0) is 16.0. The Balaban J connectivity index is 1.60. The summed E-state index contributed by atoms with van der Waals surface area (Å²) >= 11 is 0. The highest BCUT2D eigenvalue weighted by Gasteiger charge is 2.29. The Labute approximate surface area is 132 Å². The Kier molecular flexibility index (Phi) is 3.49. The summed E-state index contributed by atoms with van der Waals surface area (Å²) in [6.45, 7) is 1.23. The molecular formula is C17H17F2N3O. The highest BCUT2D eigenvalue weighted by molar-refractivity contribution is 5.24. The zero-order valence-electron chi connectivity index (χ0n) is 12.6. The summed E-state index contributed by atoms with van der Waals surface area (Å²) in [6, 6.07) is 3.90. The number of halogens is 2. The summed E-state index contributed by atoms with van der Waals surface area (Å²) in [6.07, 6.45) is 2.68. The average molecular weight is 317 g/mol. The predicted molar refractivity (Wildman–Crippen MR) is 81.0 cm³/mol. The summed E-state index contributed by atoms with van der Waals surface area (Å²) in [7, 11) is 0. The summed E-state index contributed by atoms with van der Waals surface area (Å²) in [5.74, 6) is 0.0572. The number of hydrogen-bond acceptors (Lipinski definition) is 3. The fourth-order valence-electron chi connectivity index (χ4n) is 3.11. The summed E-state index contributed by atoms with van der Waals surface area (Å²) in [4.78, 5) is 21.6. The first-order valence-corrected chi connectivity index (χ1v) is 7.89. The lowest BCUT2D eigenvalue weighted by molar-refractivity contribution is 0.233. The van der Waals surface area contributed by atoms with Crippen molar-refractivity contribution in [1.29, 1.82) is 0 Å². The molecule has 120 valence electrons. The largest absolute Gasteiger partial charge is 0.310 e. The van der Waals surface area contributed by atoms with Crippen LogP contribution >= 0.6 is 0 Å². The average Bonchev–Trinajstić information content (AvgIpc) is 3.35. The molecule has 23 heavy (non-hydrogen) atoms. The number of H-pyrrole nitrogens is 1. The molecule has 0 unspecified atom stereocenters. The SMILES string of the molecule is O=c1[nH]c(C2CC2)nc2c1CCN(Cc1c(F)cccc1F)C2. The minimum atomic E-state index is -0.534. The molecule has 6 heteroatoms. The fraction of sp³-hybridized carbons (Fsp3) is 0.412. The van der Waals surface area contributed by atoms with Crippen molar-refractivity contribution >= 4 is 0 Å². The van der Waals surface area contributed by atoms with Crippen LogP contribution in [0.3, 0.4) is 0 Å². The molecule has 1 aliphatic heterocycles. The Morgan fingerprint density at radius 1 is 1.26 bits per heavy atom. The molecule has 0 bridgehead atoms. The van der Waals surface area contributed by atoms with Crippen molar-refractivity contribution in [2.45, 2.75) is 38.3 Å². The lowest BCUT2D eigenvalue weighted by atomic mass is 10.0. The molecule has 1 saturated carbocycles. The van der Waals surface area contributed by atoms with Gasteiger partial charge < -0.3 is 4.98 Å².